The van der Waals surface area contributed by atoms with E-state index in [0.717, 1.165) is 31.6 Å². The molecule has 1 rings (SSSR count). The van der Waals surface area contributed by atoms with Crippen LogP contribution in [0.2, 0.25) is 0 Å². The van der Waals surface area contributed by atoms with Crippen LogP contribution in [0.5, 0.6) is 0 Å². The summed E-state index contributed by atoms with van der Waals surface area (Å²) in [5.41, 5.74) is 0. The molecule has 2 nitrogen and oxygen atoms in total. The van der Waals surface area contributed by atoms with Crippen LogP contribution >= 0.6 is 11.8 Å². The predicted octanol–water partition coefficient (Wildman–Crippen LogP) is 2.39. The molecule has 0 spiro atoms. The molecular weight excluding hydrogens is 206 g/mol. The van der Waals surface area contributed by atoms with Crippen LogP contribution in [0.25, 0.3) is 0 Å². The lowest BCUT2D eigenvalue weighted by molar-refractivity contribution is 0.185. The summed E-state index contributed by atoms with van der Waals surface area (Å²) in [7, 11) is 0. The van der Waals surface area contributed by atoms with Crippen LogP contribution in [-0.2, 0) is 4.74 Å². The van der Waals surface area contributed by atoms with E-state index < -0.39 is 0 Å². The van der Waals surface area contributed by atoms with Gasteiger partial charge in [-0.25, -0.2) is 0 Å². The highest BCUT2D eigenvalue weighted by Crippen LogP contribution is 2.11. The van der Waals surface area contributed by atoms with Gasteiger partial charge in [0, 0.05) is 13.2 Å². The number of ether oxygens (including phenoxy) is 1. The Morgan fingerprint density at radius 3 is 3.00 bits per heavy atom. The van der Waals surface area contributed by atoms with Crippen LogP contribution in [0, 0.1) is 11.8 Å². The van der Waals surface area contributed by atoms with Crippen LogP contribution in [0.1, 0.15) is 26.7 Å². The first kappa shape index (κ1) is 13.3. The predicted molar refractivity (Wildman–Crippen MR) is 68.6 cm³/mol. The second kappa shape index (κ2) is 8.43. The molecule has 1 heterocycles. The number of nitrogens with one attached hydrogen (secondary N) is 1. The van der Waals surface area contributed by atoms with Crippen molar-refractivity contribution in [3.63, 3.8) is 0 Å². The Morgan fingerprint density at radius 1 is 1.47 bits per heavy atom. The lowest BCUT2D eigenvalue weighted by Crippen LogP contribution is -2.24. The molecule has 0 aromatic rings. The van der Waals surface area contributed by atoms with E-state index in [1.807, 2.05) is 0 Å². The minimum Gasteiger partial charge on any atom is -0.381 e. The van der Waals surface area contributed by atoms with Gasteiger partial charge < -0.3 is 10.1 Å². The number of thioether (sulfide) groups is 1. The maximum Gasteiger partial charge on any atom is 0.0507 e. The molecule has 90 valence electrons. The minimum atomic E-state index is 0.772. The molecule has 15 heavy (non-hydrogen) atoms. The molecule has 0 saturated carbocycles. The summed E-state index contributed by atoms with van der Waals surface area (Å²) in [6, 6.07) is 0. The first-order valence-corrected chi connectivity index (χ1v) is 7.30. The average molecular weight is 231 g/mol. The summed E-state index contributed by atoms with van der Waals surface area (Å²) in [4.78, 5) is 0. The van der Waals surface area contributed by atoms with Crippen LogP contribution in [0.4, 0.5) is 0 Å². The highest BCUT2D eigenvalue weighted by Gasteiger charge is 2.14. The molecule has 1 atom stereocenters. The fourth-order valence-electron chi connectivity index (χ4n) is 1.67. The van der Waals surface area contributed by atoms with E-state index in [1.54, 1.807) is 0 Å². The molecule has 0 bridgehead atoms. The molecule has 1 unspecified atom stereocenters. The van der Waals surface area contributed by atoms with Gasteiger partial charge in [0.15, 0.2) is 0 Å². The maximum absolute atomic E-state index is 5.33. The lowest BCUT2D eigenvalue weighted by atomic mass is 10.1. The average Bonchev–Trinajstić information content (AvgIpc) is 2.68. The fourth-order valence-corrected chi connectivity index (χ4v) is 2.66. The van der Waals surface area contributed by atoms with E-state index in [4.69, 9.17) is 4.74 Å². The third kappa shape index (κ3) is 7.20. The van der Waals surface area contributed by atoms with E-state index in [2.05, 4.69) is 30.9 Å². The topological polar surface area (TPSA) is 21.3 Å². The zero-order valence-corrected chi connectivity index (χ0v) is 10.9. The van der Waals surface area contributed by atoms with Gasteiger partial charge in [-0.05, 0) is 42.7 Å². The van der Waals surface area contributed by atoms with Crippen molar-refractivity contribution in [2.75, 3.05) is 37.8 Å². The third-order valence-corrected chi connectivity index (χ3v) is 4.03. The van der Waals surface area contributed by atoms with Gasteiger partial charge in [-0.1, -0.05) is 13.8 Å². The van der Waals surface area contributed by atoms with Gasteiger partial charge in [0.25, 0.3) is 0 Å². The number of hydrogen-bond donors (Lipinski definition) is 1. The highest BCUT2D eigenvalue weighted by molar-refractivity contribution is 7.99. The van der Waals surface area contributed by atoms with Gasteiger partial charge in [-0.2, -0.15) is 11.8 Å². The molecule has 0 amide bonds. The first-order valence-electron chi connectivity index (χ1n) is 6.15. The first-order chi connectivity index (χ1) is 7.29. The summed E-state index contributed by atoms with van der Waals surface area (Å²) in [6.07, 6.45) is 2.54. The number of rotatable bonds is 8. The molecule has 0 radical (unpaired) electrons. The number of hydrogen-bond acceptors (Lipinski definition) is 3. The Morgan fingerprint density at radius 2 is 2.33 bits per heavy atom. The van der Waals surface area contributed by atoms with Crippen LogP contribution < -0.4 is 5.32 Å². The molecule has 0 aromatic heterocycles. The minimum absolute atomic E-state index is 0.772. The van der Waals surface area contributed by atoms with Gasteiger partial charge in [0.05, 0.1) is 6.61 Å². The second-order valence-electron chi connectivity index (χ2n) is 4.76. The second-order valence-corrected chi connectivity index (χ2v) is 5.91. The van der Waals surface area contributed by atoms with Crippen molar-refractivity contribution in [2.24, 2.45) is 11.8 Å². The lowest BCUT2D eigenvalue weighted by Gasteiger charge is -2.09. The van der Waals surface area contributed by atoms with Crippen LogP contribution in [0.15, 0.2) is 0 Å². The Bertz CT molecular complexity index is 147. The Labute approximate surface area is 98.5 Å². The van der Waals surface area contributed by atoms with Crippen LogP contribution in [0.3, 0.4) is 0 Å². The van der Waals surface area contributed by atoms with E-state index in [-0.39, 0.29) is 0 Å². The summed E-state index contributed by atoms with van der Waals surface area (Å²) in [6.45, 7) is 8.82. The van der Waals surface area contributed by atoms with Crippen molar-refractivity contribution in [3.8, 4) is 0 Å². The summed E-state index contributed by atoms with van der Waals surface area (Å²) in [5.74, 6) is 4.20. The largest absolute Gasteiger partial charge is 0.381 e. The fraction of sp³-hybridized carbons (Fsp3) is 1.00. The quantitative estimate of drug-likeness (QED) is 0.648. The zero-order valence-electron chi connectivity index (χ0n) is 10.1. The van der Waals surface area contributed by atoms with Crippen molar-refractivity contribution in [1.82, 2.24) is 5.32 Å². The molecule has 1 N–H and O–H groups in total. The van der Waals surface area contributed by atoms with Crippen molar-refractivity contribution in [3.05, 3.63) is 0 Å². The monoisotopic (exact) mass is 231 g/mol. The standard InChI is InChI=1S/C12H25NOS/c1-11(2)10-15-7-3-5-13-8-12-4-6-14-9-12/h11-13H,3-10H2,1-2H3. The maximum atomic E-state index is 5.33. The van der Waals surface area contributed by atoms with E-state index in [0.29, 0.717) is 0 Å². The van der Waals surface area contributed by atoms with E-state index >= 15 is 0 Å². The van der Waals surface area contributed by atoms with Gasteiger partial charge in [0.2, 0.25) is 0 Å². The van der Waals surface area contributed by atoms with Crippen molar-refractivity contribution in [1.29, 1.82) is 0 Å². The van der Waals surface area contributed by atoms with Gasteiger partial charge in [-0.3, -0.25) is 0 Å². The summed E-state index contributed by atoms with van der Waals surface area (Å²) in [5, 5.41) is 3.52. The molecular formula is C12H25NOS. The van der Waals surface area contributed by atoms with Crippen molar-refractivity contribution < 1.29 is 4.74 Å². The zero-order chi connectivity index (χ0) is 10.9. The molecule has 1 saturated heterocycles. The van der Waals surface area contributed by atoms with Gasteiger partial charge >= 0.3 is 0 Å². The molecule has 1 fully saturated rings. The molecule has 3 heteroatoms. The molecule has 1 aliphatic rings. The molecule has 0 aliphatic carbocycles. The normalized spacial score (nSPS) is 21.4. The smallest absolute Gasteiger partial charge is 0.0507 e. The van der Waals surface area contributed by atoms with E-state index in [1.165, 1.54) is 30.9 Å². The SMILES string of the molecule is CC(C)CSCCCNCC1CCOC1. The Balaban J connectivity index is 1.76. The highest BCUT2D eigenvalue weighted by atomic mass is 32.2. The Hall–Kier alpha value is 0.270. The summed E-state index contributed by atoms with van der Waals surface area (Å²) >= 11 is 2.08. The van der Waals surface area contributed by atoms with E-state index in [9.17, 15) is 0 Å². The summed E-state index contributed by atoms with van der Waals surface area (Å²) < 4.78 is 5.33. The Kier molecular flexibility index (Phi) is 7.49. The van der Waals surface area contributed by atoms with Crippen LogP contribution in [-0.4, -0.2) is 37.8 Å². The van der Waals surface area contributed by atoms with Crippen molar-refractivity contribution >= 4 is 11.8 Å². The van der Waals surface area contributed by atoms with Crippen molar-refractivity contribution in [2.45, 2.75) is 26.7 Å². The van der Waals surface area contributed by atoms with Gasteiger partial charge in [-0.15, -0.1) is 0 Å². The molecule has 1 aliphatic heterocycles. The third-order valence-electron chi connectivity index (χ3n) is 2.55. The van der Waals surface area contributed by atoms with Gasteiger partial charge in [0.1, 0.15) is 0 Å². The molecule has 0 aromatic carbocycles.